The molecule has 3 aromatic carbocycles. The van der Waals surface area contributed by atoms with Crippen molar-refractivity contribution in [3.8, 4) is 11.8 Å². The summed E-state index contributed by atoms with van der Waals surface area (Å²) < 4.78 is 0. The molecule has 0 spiro atoms. The fourth-order valence-corrected chi connectivity index (χ4v) is 2.51. The molecule has 0 saturated carbocycles. The molecule has 0 bridgehead atoms. The van der Waals surface area contributed by atoms with Crippen molar-refractivity contribution in [1.29, 1.82) is 0 Å². The smallest absolute Gasteiger partial charge is 0.0811 e. The molecule has 0 aromatic heterocycles. The lowest BCUT2D eigenvalue weighted by atomic mass is 9.95. The first-order chi connectivity index (χ1) is 11.9. The molecule has 0 fully saturated rings. The number of rotatable bonds is 3. The van der Waals surface area contributed by atoms with Gasteiger partial charge in [0.25, 0.3) is 0 Å². The molecule has 114 valence electrons. The summed E-state index contributed by atoms with van der Waals surface area (Å²) in [5.41, 5.74) is 12.7. The second kappa shape index (κ2) is 7.69. The van der Waals surface area contributed by atoms with E-state index in [4.69, 9.17) is 5.53 Å². The first kappa shape index (κ1) is 15.4. The third kappa shape index (κ3) is 3.64. The van der Waals surface area contributed by atoms with Gasteiger partial charge in [-0.3, -0.25) is 0 Å². The summed E-state index contributed by atoms with van der Waals surface area (Å²) in [5.74, 6) is 6.37. The van der Waals surface area contributed by atoms with Gasteiger partial charge in [0, 0.05) is 16.0 Å². The Kier molecular flexibility index (Phi) is 4.94. The van der Waals surface area contributed by atoms with Crippen LogP contribution in [-0.2, 0) is 0 Å². The molecular formula is C21H15N3. The maximum Gasteiger partial charge on any atom is 0.0888 e. The van der Waals surface area contributed by atoms with E-state index in [1.165, 1.54) is 0 Å². The monoisotopic (exact) mass is 309 g/mol. The van der Waals surface area contributed by atoms with Crippen molar-refractivity contribution in [2.75, 3.05) is 0 Å². The summed E-state index contributed by atoms with van der Waals surface area (Å²) in [6, 6.07) is 27.0. The lowest BCUT2D eigenvalue weighted by Gasteiger charge is -2.14. The molecule has 0 radical (unpaired) electrons. The van der Waals surface area contributed by atoms with Gasteiger partial charge < -0.3 is 0 Å². The van der Waals surface area contributed by atoms with Crippen LogP contribution >= 0.6 is 0 Å². The van der Waals surface area contributed by atoms with Gasteiger partial charge in [0.1, 0.15) is 0 Å². The highest BCUT2D eigenvalue weighted by atomic mass is 15.1. The van der Waals surface area contributed by atoms with E-state index in [0.29, 0.717) is 0 Å². The van der Waals surface area contributed by atoms with Crippen molar-refractivity contribution >= 4 is 0 Å². The molecule has 1 atom stereocenters. The van der Waals surface area contributed by atoms with Gasteiger partial charge in [-0.2, -0.15) is 0 Å². The summed E-state index contributed by atoms with van der Waals surface area (Å²) in [5, 5.41) is 3.99. The average molecular weight is 309 g/mol. The van der Waals surface area contributed by atoms with Gasteiger partial charge in [-0.15, -0.1) is 0 Å². The van der Waals surface area contributed by atoms with E-state index in [1.54, 1.807) is 0 Å². The van der Waals surface area contributed by atoms with Crippen LogP contribution in [0.1, 0.15) is 28.3 Å². The zero-order chi connectivity index (χ0) is 16.6. The predicted molar refractivity (Wildman–Crippen MR) is 96.3 cm³/mol. The molecule has 0 amide bonds. The minimum absolute atomic E-state index is 0.391. The normalized spacial score (nSPS) is 10.8. The van der Waals surface area contributed by atoms with Crippen LogP contribution in [-0.4, -0.2) is 0 Å². The number of hydrogen-bond donors (Lipinski definition) is 0. The van der Waals surface area contributed by atoms with Crippen LogP contribution in [0, 0.1) is 11.8 Å². The van der Waals surface area contributed by atoms with E-state index in [9.17, 15) is 0 Å². The average Bonchev–Trinajstić information content (AvgIpc) is 2.66. The molecule has 0 N–H and O–H groups in total. The van der Waals surface area contributed by atoms with Crippen LogP contribution in [0.15, 0.2) is 90.0 Å². The van der Waals surface area contributed by atoms with Crippen LogP contribution in [0.3, 0.4) is 0 Å². The van der Waals surface area contributed by atoms with E-state index in [1.807, 2.05) is 84.9 Å². The number of nitrogens with zero attached hydrogens (tertiary/aromatic N) is 3. The maximum absolute atomic E-state index is 8.98. The summed E-state index contributed by atoms with van der Waals surface area (Å²) in [4.78, 5) is 3.02. The molecule has 3 aromatic rings. The largest absolute Gasteiger partial charge is 0.0888 e. The Balaban J connectivity index is 2.05. The van der Waals surface area contributed by atoms with E-state index in [2.05, 4.69) is 21.9 Å². The zero-order valence-electron chi connectivity index (χ0n) is 13.0. The van der Waals surface area contributed by atoms with Crippen LogP contribution < -0.4 is 0 Å². The summed E-state index contributed by atoms with van der Waals surface area (Å²) in [7, 11) is 0. The van der Waals surface area contributed by atoms with Crippen LogP contribution in [0.2, 0.25) is 0 Å². The molecule has 0 aliphatic heterocycles. The molecule has 24 heavy (non-hydrogen) atoms. The number of benzene rings is 3. The van der Waals surface area contributed by atoms with Gasteiger partial charge in [0.2, 0.25) is 0 Å². The second-order valence-corrected chi connectivity index (χ2v) is 5.22. The highest BCUT2D eigenvalue weighted by Gasteiger charge is 2.14. The van der Waals surface area contributed by atoms with Crippen molar-refractivity contribution in [3.63, 3.8) is 0 Å². The SMILES string of the molecule is [N-]=[N+]=NC(c1ccccc1)c1ccccc1C#Cc1ccccc1. The summed E-state index contributed by atoms with van der Waals surface area (Å²) >= 11 is 0. The third-order valence-corrected chi connectivity index (χ3v) is 3.65. The second-order valence-electron chi connectivity index (χ2n) is 5.22. The Labute approximate surface area is 141 Å². The van der Waals surface area contributed by atoms with Gasteiger partial charge in [0.05, 0.1) is 6.04 Å². The van der Waals surface area contributed by atoms with Crippen molar-refractivity contribution < 1.29 is 0 Å². The molecule has 0 aliphatic carbocycles. The van der Waals surface area contributed by atoms with Crippen molar-refractivity contribution in [2.24, 2.45) is 5.11 Å². The Morgan fingerprint density at radius 3 is 2.08 bits per heavy atom. The number of hydrogen-bond acceptors (Lipinski definition) is 1. The Morgan fingerprint density at radius 1 is 0.750 bits per heavy atom. The fourth-order valence-electron chi connectivity index (χ4n) is 2.51. The van der Waals surface area contributed by atoms with E-state index in [-0.39, 0.29) is 0 Å². The van der Waals surface area contributed by atoms with Crippen LogP contribution in [0.5, 0.6) is 0 Å². The van der Waals surface area contributed by atoms with Gasteiger partial charge in [-0.05, 0) is 34.9 Å². The van der Waals surface area contributed by atoms with Crippen LogP contribution in [0.4, 0.5) is 0 Å². The highest BCUT2D eigenvalue weighted by molar-refractivity contribution is 5.49. The van der Waals surface area contributed by atoms with Gasteiger partial charge >= 0.3 is 0 Å². The minimum atomic E-state index is -0.391. The Bertz CT molecular complexity index is 915. The molecule has 3 heteroatoms. The highest BCUT2D eigenvalue weighted by Crippen LogP contribution is 2.28. The van der Waals surface area contributed by atoms with Crippen molar-refractivity contribution in [2.45, 2.75) is 6.04 Å². The van der Waals surface area contributed by atoms with Gasteiger partial charge in [-0.25, -0.2) is 0 Å². The van der Waals surface area contributed by atoms with Crippen molar-refractivity contribution in [3.05, 3.63) is 118 Å². The first-order valence-corrected chi connectivity index (χ1v) is 7.63. The van der Waals surface area contributed by atoms with E-state index in [0.717, 1.165) is 22.3 Å². The van der Waals surface area contributed by atoms with E-state index < -0.39 is 6.04 Å². The molecule has 1 unspecified atom stereocenters. The lowest BCUT2D eigenvalue weighted by molar-refractivity contribution is 0.856. The van der Waals surface area contributed by atoms with Gasteiger partial charge in [0.15, 0.2) is 0 Å². The van der Waals surface area contributed by atoms with Gasteiger partial charge in [-0.1, -0.05) is 83.7 Å². The predicted octanol–water partition coefficient (Wildman–Crippen LogP) is 5.49. The Hall–Kier alpha value is -3.47. The summed E-state index contributed by atoms with van der Waals surface area (Å²) in [6.45, 7) is 0. The zero-order valence-corrected chi connectivity index (χ0v) is 13.0. The lowest BCUT2D eigenvalue weighted by Crippen LogP contribution is -2.00. The molecule has 0 heterocycles. The minimum Gasteiger partial charge on any atom is -0.0811 e. The van der Waals surface area contributed by atoms with Crippen LogP contribution in [0.25, 0.3) is 10.4 Å². The maximum atomic E-state index is 8.98. The van der Waals surface area contributed by atoms with Crippen molar-refractivity contribution in [1.82, 2.24) is 0 Å². The quantitative estimate of drug-likeness (QED) is 0.266. The fraction of sp³-hybridized carbons (Fsp3) is 0.0476. The number of azide groups is 1. The molecule has 3 rings (SSSR count). The summed E-state index contributed by atoms with van der Waals surface area (Å²) in [6.07, 6.45) is 0. The molecule has 0 saturated heterocycles. The Morgan fingerprint density at radius 2 is 1.38 bits per heavy atom. The molecule has 0 aliphatic rings. The molecular weight excluding hydrogens is 294 g/mol. The first-order valence-electron chi connectivity index (χ1n) is 7.63. The topological polar surface area (TPSA) is 48.8 Å². The molecule has 3 nitrogen and oxygen atoms in total. The standard InChI is InChI=1S/C21H15N3/c22-24-23-21(19-12-5-2-6-13-19)20-14-8-7-11-18(20)16-15-17-9-3-1-4-10-17/h1-14,21H. The van der Waals surface area contributed by atoms with E-state index >= 15 is 0 Å². The third-order valence-electron chi connectivity index (χ3n) is 3.65.